The zero-order chi connectivity index (χ0) is 19.4. The van der Waals surface area contributed by atoms with Crippen LogP contribution in [0.5, 0.6) is 11.5 Å². The quantitative estimate of drug-likeness (QED) is 0.747. The Kier molecular flexibility index (Phi) is 6.10. The first-order valence-corrected chi connectivity index (χ1v) is 9.73. The van der Waals surface area contributed by atoms with Crippen LogP contribution in [0.25, 0.3) is 0 Å². The number of methoxy groups -OCH3 is 2. The van der Waals surface area contributed by atoms with Gasteiger partial charge in [0, 0.05) is 44.0 Å². The Morgan fingerprint density at radius 3 is 2.26 bits per heavy atom. The number of carbonyl (C=O) groups excluding carboxylic acids is 3. The lowest BCUT2D eigenvalue weighted by Gasteiger charge is -2.35. The standard InChI is InChI=1S/C18H23N3O5S/c1-25-14-4-3-13(11-15(14)26-2)17(23)20-7-5-19(6-8-20)16(22)12-21-9-10-27-18(21)24/h3-4,11H,5-10,12H2,1-2H3. The van der Waals surface area contributed by atoms with E-state index in [1.54, 1.807) is 40.0 Å². The molecule has 3 rings (SSSR count). The summed E-state index contributed by atoms with van der Waals surface area (Å²) < 4.78 is 10.4. The van der Waals surface area contributed by atoms with Crippen LogP contribution in [0.4, 0.5) is 4.79 Å². The number of hydrogen-bond acceptors (Lipinski definition) is 6. The monoisotopic (exact) mass is 393 g/mol. The third-order valence-corrected chi connectivity index (χ3v) is 5.61. The van der Waals surface area contributed by atoms with Gasteiger partial charge in [0.05, 0.1) is 14.2 Å². The fraction of sp³-hybridized carbons (Fsp3) is 0.500. The molecule has 0 aliphatic carbocycles. The van der Waals surface area contributed by atoms with E-state index in [4.69, 9.17) is 9.47 Å². The highest BCUT2D eigenvalue weighted by molar-refractivity contribution is 8.13. The first-order chi connectivity index (χ1) is 13.0. The minimum atomic E-state index is -0.103. The fourth-order valence-corrected chi connectivity index (χ4v) is 3.97. The topological polar surface area (TPSA) is 79.4 Å². The molecule has 0 saturated carbocycles. The third-order valence-electron chi connectivity index (χ3n) is 4.72. The number of benzene rings is 1. The van der Waals surface area contributed by atoms with Crippen molar-refractivity contribution < 1.29 is 23.9 Å². The maximum absolute atomic E-state index is 12.7. The van der Waals surface area contributed by atoms with Crippen molar-refractivity contribution in [3.8, 4) is 11.5 Å². The second-order valence-corrected chi connectivity index (χ2v) is 7.32. The number of amides is 3. The Labute approximate surface area is 162 Å². The molecule has 0 atom stereocenters. The molecule has 2 aliphatic heterocycles. The highest BCUT2D eigenvalue weighted by Gasteiger charge is 2.29. The van der Waals surface area contributed by atoms with Crippen molar-refractivity contribution in [1.82, 2.24) is 14.7 Å². The molecule has 2 heterocycles. The molecular weight excluding hydrogens is 370 g/mol. The van der Waals surface area contributed by atoms with E-state index in [2.05, 4.69) is 0 Å². The zero-order valence-electron chi connectivity index (χ0n) is 15.5. The molecule has 0 radical (unpaired) electrons. The van der Waals surface area contributed by atoms with Gasteiger partial charge < -0.3 is 24.2 Å². The molecule has 0 unspecified atom stereocenters. The van der Waals surface area contributed by atoms with E-state index in [-0.39, 0.29) is 23.6 Å². The summed E-state index contributed by atoms with van der Waals surface area (Å²) in [7, 11) is 3.07. The van der Waals surface area contributed by atoms with Crippen molar-refractivity contribution in [3.63, 3.8) is 0 Å². The maximum Gasteiger partial charge on any atom is 0.282 e. The molecule has 1 aromatic carbocycles. The van der Waals surface area contributed by atoms with Gasteiger partial charge >= 0.3 is 0 Å². The average molecular weight is 393 g/mol. The number of thioether (sulfide) groups is 1. The number of rotatable bonds is 5. The van der Waals surface area contributed by atoms with Crippen LogP contribution in [0.2, 0.25) is 0 Å². The smallest absolute Gasteiger partial charge is 0.282 e. The summed E-state index contributed by atoms with van der Waals surface area (Å²) in [6.45, 7) is 2.59. The van der Waals surface area contributed by atoms with Gasteiger partial charge in [0.2, 0.25) is 5.91 Å². The molecule has 0 N–H and O–H groups in total. The highest BCUT2D eigenvalue weighted by Crippen LogP contribution is 2.28. The van der Waals surface area contributed by atoms with E-state index in [1.807, 2.05) is 0 Å². The second-order valence-electron chi connectivity index (χ2n) is 6.28. The van der Waals surface area contributed by atoms with Gasteiger partial charge in [0.1, 0.15) is 6.54 Å². The van der Waals surface area contributed by atoms with Crippen LogP contribution >= 0.6 is 11.8 Å². The molecule has 2 saturated heterocycles. The predicted octanol–water partition coefficient (Wildman–Crippen LogP) is 1.16. The molecule has 2 fully saturated rings. The SMILES string of the molecule is COc1ccc(C(=O)N2CCN(C(=O)CN3CCSC3=O)CC2)cc1OC. The number of piperazine rings is 1. The summed E-state index contributed by atoms with van der Waals surface area (Å²) in [5.74, 6) is 1.64. The van der Waals surface area contributed by atoms with E-state index >= 15 is 0 Å². The lowest BCUT2D eigenvalue weighted by Crippen LogP contribution is -2.52. The third kappa shape index (κ3) is 4.29. The summed E-state index contributed by atoms with van der Waals surface area (Å²) in [5, 5.41) is -0.0365. The van der Waals surface area contributed by atoms with Crippen LogP contribution < -0.4 is 9.47 Å². The van der Waals surface area contributed by atoms with Crippen molar-refractivity contribution in [1.29, 1.82) is 0 Å². The number of ether oxygens (including phenoxy) is 2. The van der Waals surface area contributed by atoms with E-state index < -0.39 is 0 Å². The van der Waals surface area contributed by atoms with Crippen LogP contribution in [0.15, 0.2) is 18.2 Å². The summed E-state index contributed by atoms with van der Waals surface area (Å²) in [4.78, 5) is 41.8. The van der Waals surface area contributed by atoms with E-state index in [0.29, 0.717) is 49.8 Å². The number of hydrogen-bond donors (Lipinski definition) is 0. The van der Waals surface area contributed by atoms with Crippen LogP contribution in [-0.2, 0) is 4.79 Å². The van der Waals surface area contributed by atoms with Crippen molar-refractivity contribution >= 4 is 28.8 Å². The van der Waals surface area contributed by atoms with E-state index in [1.165, 1.54) is 18.9 Å². The Balaban J connectivity index is 1.56. The van der Waals surface area contributed by atoms with Crippen molar-refractivity contribution in [3.05, 3.63) is 23.8 Å². The molecule has 146 valence electrons. The number of nitrogens with zero attached hydrogens (tertiary/aromatic N) is 3. The molecule has 3 amide bonds. The average Bonchev–Trinajstić information content (AvgIpc) is 3.11. The van der Waals surface area contributed by atoms with Crippen molar-refractivity contribution in [2.75, 3.05) is 59.2 Å². The Morgan fingerprint density at radius 2 is 1.67 bits per heavy atom. The predicted molar refractivity (Wildman–Crippen MR) is 101 cm³/mol. The van der Waals surface area contributed by atoms with Crippen molar-refractivity contribution in [2.24, 2.45) is 0 Å². The van der Waals surface area contributed by atoms with Crippen LogP contribution in [0.3, 0.4) is 0 Å². The van der Waals surface area contributed by atoms with Crippen LogP contribution in [-0.4, -0.2) is 91.0 Å². The Hall–Kier alpha value is -2.42. The van der Waals surface area contributed by atoms with Gasteiger partial charge in [-0.05, 0) is 18.2 Å². The van der Waals surface area contributed by atoms with Gasteiger partial charge in [-0.15, -0.1) is 0 Å². The molecule has 27 heavy (non-hydrogen) atoms. The van der Waals surface area contributed by atoms with Crippen LogP contribution in [0.1, 0.15) is 10.4 Å². The molecule has 0 spiro atoms. The first kappa shape index (κ1) is 19.3. The lowest BCUT2D eigenvalue weighted by molar-refractivity contribution is -0.133. The van der Waals surface area contributed by atoms with E-state index in [9.17, 15) is 14.4 Å². The summed E-state index contributed by atoms with van der Waals surface area (Å²) in [5.41, 5.74) is 0.520. The minimum Gasteiger partial charge on any atom is -0.493 e. The highest BCUT2D eigenvalue weighted by atomic mass is 32.2. The fourth-order valence-electron chi connectivity index (χ4n) is 3.14. The molecular formula is C18H23N3O5S. The van der Waals surface area contributed by atoms with Gasteiger partial charge in [0.15, 0.2) is 11.5 Å². The van der Waals surface area contributed by atoms with E-state index in [0.717, 1.165) is 5.75 Å². The van der Waals surface area contributed by atoms with Gasteiger partial charge in [0.25, 0.3) is 11.1 Å². The summed E-state index contributed by atoms with van der Waals surface area (Å²) >= 11 is 1.25. The number of carbonyl (C=O) groups is 3. The molecule has 1 aromatic rings. The second kappa shape index (κ2) is 8.51. The normalized spacial score (nSPS) is 17.3. The van der Waals surface area contributed by atoms with Gasteiger partial charge in [-0.2, -0.15) is 0 Å². The minimum absolute atomic E-state index is 0.0365. The first-order valence-electron chi connectivity index (χ1n) is 8.74. The Morgan fingerprint density at radius 1 is 1.00 bits per heavy atom. The molecule has 0 aromatic heterocycles. The van der Waals surface area contributed by atoms with Crippen molar-refractivity contribution in [2.45, 2.75) is 0 Å². The zero-order valence-corrected chi connectivity index (χ0v) is 16.3. The molecule has 8 nitrogen and oxygen atoms in total. The van der Waals surface area contributed by atoms with Gasteiger partial charge in [-0.1, -0.05) is 11.8 Å². The molecule has 2 aliphatic rings. The summed E-state index contributed by atoms with van der Waals surface area (Å²) in [6, 6.07) is 5.07. The Bertz CT molecular complexity index is 734. The largest absolute Gasteiger partial charge is 0.493 e. The maximum atomic E-state index is 12.7. The van der Waals surface area contributed by atoms with Gasteiger partial charge in [-0.3, -0.25) is 14.4 Å². The lowest BCUT2D eigenvalue weighted by atomic mass is 10.1. The summed E-state index contributed by atoms with van der Waals surface area (Å²) in [6.07, 6.45) is 0. The molecule has 9 heteroatoms. The van der Waals surface area contributed by atoms with Crippen LogP contribution in [0, 0.1) is 0 Å². The van der Waals surface area contributed by atoms with Gasteiger partial charge in [-0.25, -0.2) is 0 Å². The molecule has 0 bridgehead atoms.